The Morgan fingerprint density at radius 1 is 1.29 bits per heavy atom. The van der Waals surface area contributed by atoms with Crippen molar-refractivity contribution < 1.29 is 14.7 Å². The molecule has 21 heavy (non-hydrogen) atoms. The van der Waals surface area contributed by atoms with Gasteiger partial charge in [0.2, 0.25) is 5.91 Å². The molecule has 0 aliphatic heterocycles. The molecule has 0 radical (unpaired) electrons. The molecule has 1 saturated carbocycles. The summed E-state index contributed by atoms with van der Waals surface area (Å²) in [6, 6.07) is 4.92. The first-order valence-corrected chi connectivity index (χ1v) is 7.46. The number of hydrogen-bond acceptors (Lipinski definition) is 2. The lowest BCUT2D eigenvalue weighted by molar-refractivity contribution is -0.124. The van der Waals surface area contributed by atoms with E-state index in [4.69, 9.17) is 5.11 Å². The van der Waals surface area contributed by atoms with Gasteiger partial charge in [0, 0.05) is 11.6 Å². The lowest BCUT2D eigenvalue weighted by Gasteiger charge is -2.37. The largest absolute Gasteiger partial charge is 0.478 e. The second kappa shape index (κ2) is 5.88. The maximum atomic E-state index is 12.5. The molecule has 1 aliphatic carbocycles. The van der Waals surface area contributed by atoms with Crippen LogP contribution < -0.4 is 5.32 Å². The average molecular weight is 289 g/mol. The molecule has 0 bridgehead atoms. The predicted molar refractivity (Wildman–Crippen MR) is 82.5 cm³/mol. The number of amides is 1. The Kier molecular flexibility index (Phi) is 4.35. The van der Waals surface area contributed by atoms with Gasteiger partial charge in [-0.05, 0) is 48.9 Å². The van der Waals surface area contributed by atoms with Crippen molar-refractivity contribution in [3.05, 3.63) is 29.3 Å². The average Bonchev–Trinajstić information content (AvgIpc) is 2.37. The summed E-state index contributed by atoms with van der Waals surface area (Å²) in [5, 5.41) is 12.0. The second-order valence-electron chi connectivity index (χ2n) is 6.61. The quantitative estimate of drug-likeness (QED) is 0.888. The third kappa shape index (κ3) is 3.43. The minimum atomic E-state index is -0.946. The van der Waals surface area contributed by atoms with Gasteiger partial charge in [0.1, 0.15) is 0 Å². The SMILES string of the molecule is Cc1cc(NC(=O)C2CCCCC2(C)C)ccc1C(=O)O. The van der Waals surface area contributed by atoms with Gasteiger partial charge in [0.25, 0.3) is 0 Å². The topological polar surface area (TPSA) is 66.4 Å². The molecule has 114 valence electrons. The Labute approximate surface area is 125 Å². The van der Waals surface area contributed by atoms with Gasteiger partial charge in [-0.1, -0.05) is 26.7 Å². The summed E-state index contributed by atoms with van der Waals surface area (Å²) in [5.74, 6) is -0.883. The lowest BCUT2D eigenvalue weighted by Crippen LogP contribution is -2.37. The van der Waals surface area contributed by atoms with Gasteiger partial charge in [0.05, 0.1) is 5.56 Å². The molecule has 0 aromatic heterocycles. The fraction of sp³-hybridized carbons (Fsp3) is 0.529. The van der Waals surface area contributed by atoms with E-state index in [0.717, 1.165) is 19.3 Å². The first kappa shape index (κ1) is 15.5. The molecule has 1 amide bonds. The second-order valence-corrected chi connectivity index (χ2v) is 6.61. The Bertz CT molecular complexity index is 563. The summed E-state index contributed by atoms with van der Waals surface area (Å²) in [4.78, 5) is 23.5. The molecule has 2 rings (SSSR count). The van der Waals surface area contributed by atoms with Gasteiger partial charge in [0.15, 0.2) is 0 Å². The van der Waals surface area contributed by atoms with Crippen LogP contribution in [0.1, 0.15) is 55.5 Å². The number of anilines is 1. The number of carbonyl (C=O) groups excluding carboxylic acids is 1. The molecule has 1 aromatic carbocycles. The van der Waals surface area contributed by atoms with E-state index in [-0.39, 0.29) is 22.8 Å². The van der Waals surface area contributed by atoms with Crippen molar-refractivity contribution in [3.8, 4) is 0 Å². The van der Waals surface area contributed by atoms with Crippen LogP contribution in [0, 0.1) is 18.3 Å². The zero-order chi connectivity index (χ0) is 15.6. The maximum Gasteiger partial charge on any atom is 0.335 e. The van der Waals surface area contributed by atoms with Crippen molar-refractivity contribution in [2.24, 2.45) is 11.3 Å². The molecular weight excluding hydrogens is 266 g/mol. The molecule has 1 aliphatic rings. The van der Waals surface area contributed by atoms with Gasteiger partial charge in [-0.2, -0.15) is 0 Å². The van der Waals surface area contributed by atoms with Crippen molar-refractivity contribution >= 4 is 17.6 Å². The first-order chi connectivity index (χ1) is 9.81. The van der Waals surface area contributed by atoms with Crippen LogP contribution in [-0.4, -0.2) is 17.0 Å². The Morgan fingerprint density at radius 3 is 2.57 bits per heavy atom. The lowest BCUT2D eigenvalue weighted by atomic mass is 9.68. The molecule has 0 saturated heterocycles. The molecule has 4 heteroatoms. The molecule has 1 unspecified atom stereocenters. The highest BCUT2D eigenvalue weighted by Gasteiger charge is 2.37. The van der Waals surface area contributed by atoms with Crippen LogP contribution in [0.5, 0.6) is 0 Å². The number of rotatable bonds is 3. The van der Waals surface area contributed by atoms with Crippen LogP contribution in [0.25, 0.3) is 0 Å². The normalized spacial score (nSPS) is 20.8. The van der Waals surface area contributed by atoms with Gasteiger partial charge < -0.3 is 10.4 Å². The Morgan fingerprint density at radius 2 is 2.00 bits per heavy atom. The summed E-state index contributed by atoms with van der Waals surface area (Å²) < 4.78 is 0. The first-order valence-electron chi connectivity index (χ1n) is 7.46. The Balaban J connectivity index is 2.12. The smallest absolute Gasteiger partial charge is 0.335 e. The van der Waals surface area contributed by atoms with E-state index in [9.17, 15) is 9.59 Å². The zero-order valence-electron chi connectivity index (χ0n) is 12.9. The number of aromatic carboxylic acids is 1. The summed E-state index contributed by atoms with van der Waals surface area (Å²) in [6.45, 7) is 6.04. The van der Waals surface area contributed by atoms with Crippen molar-refractivity contribution in [3.63, 3.8) is 0 Å². The number of hydrogen-bond donors (Lipinski definition) is 2. The van der Waals surface area contributed by atoms with Crippen molar-refractivity contribution in [2.45, 2.75) is 46.5 Å². The number of benzene rings is 1. The van der Waals surface area contributed by atoms with E-state index >= 15 is 0 Å². The highest BCUT2D eigenvalue weighted by Crippen LogP contribution is 2.41. The van der Waals surface area contributed by atoms with Gasteiger partial charge >= 0.3 is 5.97 Å². The highest BCUT2D eigenvalue weighted by molar-refractivity contribution is 5.95. The number of nitrogens with one attached hydrogen (secondary N) is 1. The summed E-state index contributed by atoms with van der Waals surface area (Å²) in [6.07, 6.45) is 4.27. The van der Waals surface area contributed by atoms with E-state index in [1.807, 2.05) is 0 Å². The van der Waals surface area contributed by atoms with Crippen LogP contribution in [0.3, 0.4) is 0 Å². The van der Waals surface area contributed by atoms with Gasteiger partial charge in [-0.15, -0.1) is 0 Å². The van der Waals surface area contributed by atoms with Crippen LogP contribution in [0.4, 0.5) is 5.69 Å². The third-order valence-corrected chi connectivity index (χ3v) is 4.55. The molecule has 2 N–H and O–H groups in total. The third-order valence-electron chi connectivity index (χ3n) is 4.55. The summed E-state index contributed by atoms with van der Waals surface area (Å²) in [5.41, 5.74) is 1.62. The van der Waals surface area contributed by atoms with E-state index < -0.39 is 5.97 Å². The zero-order valence-corrected chi connectivity index (χ0v) is 12.9. The molecular formula is C17H23NO3. The van der Waals surface area contributed by atoms with Crippen LogP contribution in [-0.2, 0) is 4.79 Å². The van der Waals surface area contributed by atoms with E-state index in [1.54, 1.807) is 25.1 Å². The number of carboxylic acid groups (broad SMARTS) is 1. The van der Waals surface area contributed by atoms with Crippen molar-refractivity contribution in [2.75, 3.05) is 5.32 Å². The maximum absolute atomic E-state index is 12.5. The van der Waals surface area contributed by atoms with Crippen LogP contribution in [0.2, 0.25) is 0 Å². The number of carbonyl (C=O) groups is 2. The van der Waals surface area contributed by atoms with E-state index in [2.05, 4.69) is 19.2 Å². The standard InChI is InChI=1S/C17H23NO3/c1-11-10-12(7-8-13(11)16(20)21)18-15(19)14-6-4-5-9-17(14,2)3/h7-8,10,14H,4-6,9H2,1-3H3,(H,18,19)(H,20,21). The van der Waals surface area contributed by atoms with Gasteiger partial charge in [-0.25, -0.2) is 4.79 Å². The molecule has 1 aromatic rings. The van der Waals surface area contributed by atoms with Crippen LogP contribution in [0.15, 0.2) is 18.2 Å². The van der Waals surface area contributed by atoms with Crippen molar-refractivity contribution in [1.82, 2.24) is 0 Å². The fourth-order valence-electron chi connectivity index (χ4n) is 3.19. The predicted octanol–water partition coefficient (Wildman–Crippen LogP) is 3.85. The molecule has 1 fully saturated rings. The Hall–Kier alpha value is -1.84. The monoisotopic (exact) mass is 289 g/mol. The van der Waals surface area contributed by atoms with Crippen LogP contribution >= 0.6 is 0 Å². The van der Waals surface area contributed by atoms with Gasteiger partial charge in [-0.3, -0.25) is 4.79 Å². The fourth-order valence-corrected chi connectivity index (χ4v) is 3.19. The number of carboxylic acids is 1. The molecule has 4 nitrogen and oxygen atoms in total. The number of aryl methyl sites for hydroxylation is 1. The highest BCUT2D eigenvalue weighted by atomic mass is 16.4. The minimum Gasteiger partial charge on any atom is -0.478 e. The van der Waals surface area contributed by atoms with E-state index in [1.165, 1.54) is 6.42 Å². The van der Waals surface area contributed by atoms with Crippen molar-refractivity contribution in [1.29, 1.82) is 0 Å². The minimum absolute atomic E-state index is 0.0192. The summed E-state index contributed by atoms with van der Waals surface area (Å²) >= 11 is 0. The summed E-state index contributed by atoms with van der Waals surface area (Å²) in [7, 11) is 0. The molecule has 0 heterocycles. The molecule has 0 spiro atoms. The molecule has 1 atom stereocenters. The van der Waals surface area contributed by atoms with E-state index in [0.29, 0.717) is 11.3 Å².